The van der Waals surface area contributed by atoms with Crippen molar-refractivity contribution in [1.29, 1.82) is 0 Å². The molecule has 8 heteroatoms. The molecule has 1 amide bonds. The van der Waals surface area contributed by atoms with Crippen LogP contribution in [-0.2, 0) is 9.59 Å². The molecule has 1 aromatic heterocycles. The lowest BCUT2D eigenvalue weighted by Gasteiger charge is -2.15. The maximum atomic E-state index is 12.2. The number of carbonyl (C=O) groups excluding carboxylic acids is 1. The minimum Gasteiger partial charge on any atom is -0.481 e. The summed E-state index contributed by atoms with van der Waals surface area (Å²) in [5.74, 6) is -2.21. The average Bonchev–Trinajstić information content (AvgIpc) is 2.80. The van der Waals surface area contributed by atoms with Gasteiger partial charge in [-0.2, -0.15) is 4.98 Å². The number of amides is 1. The number of nitrogens with one attached hydrogen (secondary N) is 1. The molecule has 0 saturated heterocycles. The van der Waals surface area contributed by atoms with E-state index in [4.69, 9.17) is 16.3 Å². The Labute approximate surface area is 126 Å². The van der Waals surface area contributed by atoms with E-state index in [2.05, 4.69) is 15.3 Å². The van der Waals surface area contributed by atoms with Crippen LogP contribution in [0.2, 0.25) is 5.15 Å². The lowest BCUT2D eigenvalue weighted by molar-refractivity contribution is -0.145. The molecule has 2 N–H and O–H groups in total. The first kappa shape index (κ1) is 15.5. The third-order valence-corrected chi connectivity index (χ3v) is 3.76. The molecule has 0 spiro atoms. The molecule has 2 rings (SSSR count). The van der Waals surface area contributed by atoms with Gasteiger partial charge in [-0.1, -0.05) is 18.5 Å². The molecule has 114 valence electrons. The molecule has 0 aromatic carbocycles. The summed E-state index contributed by atoms with van der Waals surface area (Å²) in [7, 11) is 1.42. The Bertz CT molecular complexity index is 566. The fraction of sp³-hybridized carbons (Fsp3) is 0.538. The van der Waals surface area contributed by atoms with Gasteiger partial charge >= 0.3 is 5.97 Å². The Hall–Kier alpha value is -1.89. The van der Waals surface area contributed by atoms with Gasteiger partial charge in [0, 0.05) is 6.07 Å². The van der Waals surface area contributed by atoms with Gasteiger partial charge in [-0.3, -0.25) is 14.9 Å². The number of ether oxygens (including phenoxy) is 1. The summed E-state index contributed by atoms with van der Waals surface area (Å²) < 4.78 is 4.94. The second-order valence-corrected chi connectivity index (χ2v) is 5.56. The van der Waals surface area contributed by atoms with Crippen molar-refractivity contribution in [3.63, 3.8) is 0 Å². The highest BCUT2D eigenvalue weighted by atomic mass is 35.5. The Morgan fingerprint density at radius 3 is 2.67 bits per heavy atom. The molecule has 7 nitrogen and oxygen atoms in total. The molecule has 1 saturated carbocycles. The van der Waals surface area contributed by atoms with E-state index in [1.807, 2.05) is 6.92 Å². The van der Waals surface area contributed by atoms with Gasteiger partial charge in [-0.25, -0.2) is 4.98 Å². The molecule has 1 aromatic rings. The first-order chi connectivity index (χ1) is 9.90. The van der Waals surface area contributed by atoms with Crippen LogP contribution in [0.1, 0.15) is 19.8 Å². The second kappa shape index (κ2) is 6.26. The van der Waals surface area contributed by atoms with Crippen LogP contribution >= 0.6 is 11.6 Å². The number of nitrogens with zero attached hydrogens (tertiary/aromatic N) is 2. The fourth-order valence-corrected chi connectivity index (χ4v) is 2.79. The predicted octanol–water partition coefficient (Wildman–Crippen LogP) is 1.82. The quantitative estimate of drug-likeness (QED) is 0.822. The van der Waals surface area contributed by atoms with E-state index in [0.29, 0.717) is 12.8 Å². The van der Waals surface area contributed by atoms with E-state index >= 15 is 0 Å². The van der Waals surface area contributed by atoms with Gasteiger partial charge in [0.05, 0.1) is 18.9 Å². The zero-order valence-corrected chi connectivity index (χ0v) is 12.4. The highest BCUT2D eigenvalue weighted by molar-refractivity contribution is 6.29. The standard InChI is InChI=1S/C13H16ClN3O4/c1-6-3-7(8(4-6)12(19)20)11(18)17-13-15-9(14)5-10(16-13)21-2/h5-8H,3-4H2,1-2H3,(H,19,20)(H,15,16,17,18)/t6?,7-,8+/m0/s1. The first-order valence-electron chi connectivity index (χ1n) is 6.53. The molecule has 0 aliphatic heterocycles. The first-order valence-corrected chi connectivity index (χ1v) is 6.90. The van der Waals surface area contributed by atoms with Crippen molar-refractivity contribution < 1.29 is 19.4 Å². The number of aromatic nitrogens is 2. The van der Waals surface area contributed by atoms with Crippen LogP contribution in [0.15, 0.2) is 6.07 Å². The zero-order chi connectivity index (χ0) is 15.6. The maximum absolute atomic E-state index is 12.2. The number of carboxylic acid groups (broad SMARTS) is 1. The highest BCUT2D eigenvalue weighted by Gasteiger charge is 2.41. The Balaban J connectivity index is 2.14. The topological polar surface area (TPSA) is 101 Å². The normalized spacial score (nSPS) is 24.6. The third-order valence-electron chi connectivity index (χ3n) is 3.57. The summed E-state index contributed by atoms with van der Waals surface area (Å²) in [6.45, 7) is 1.93. The number of hydrogen-bond donors (Lipinski definition) is 2. The highest BCUT2D eigenvalue weighted by Crippen LogP contribution is 2.37. The van der Waals surface area contributed by atoms with Gasteiger partial charge in [-0.05, 0) is 18.8 Å². The van der Waals surface area contributed by atoms with Gasteiger partial charge in [0.15, 0.2) is 0 Å². The number of carbonyl (C=O) groups is 2. The average molecular weight is 314 g/mol. The molecular formula is C13H16ClN3O4. The second-order valence-electron chi connectivity index (χ2n) is 5.17. The third kappa shape index (κ3) is 3.60. The summed E-state index contributed by atoms with van der Waals surface area (Å²) in [6.07, 6.45) is 1.02. The van der Waals surface area contributed by atoms with Gasteiger partial charge in [0.2, 0.25) is 17.7 Å². The van der Waals surface area contributed by atoms with Crippen LogP contribution in [0, 0.1) is 17.8 Å². The molecule has 21 heavy (non-hydrogen) atoms. The van der Waals surface area contributed by atoms with Crippen molar-refractivity contribution in [1.82, 2.24) is 9.97 Å². The Kier molecular flexibility index (Phi) is 4.62. The predicted molar refractivity (Wildman–Crippen MR) is 75.2 cm³/mol. The van der Waals surface area contributed by atoms with Gasteiger partial charge in [-0.15, -0.1) is 0 Å². The van der Waals surface area contributed by atoms with Crippen LogP contribution in [-0.4, -0.2) is 34.1 Å². The van der Waals surface area contributed by atoms with Crippen molar-refractivity contribution in [3.05, 3.63) is 11.2 Å². The molecule has 0 bridgehead atoms. The van der Waals surface area contributed by atoms with E-state index in [1.54, 1.807) is 0 Å². The Morgan fingerprint density at radius 1 is 1.38 bits per heavy atom. The van der Waals surface area contributed by atoms with Crippen LogP contribution in [0.25, 0.3) is 0 Å². The number of hydrogen-bond acceptors (Lipinski definition) is 5. The monoisotopic (exact) mass is 313 g/mol. The van der Waals surface area contributed by atoms with E-state index in [1.165, 1.54) is 13.2 Å². The van der Waals surface area contributed by atoms with Crippen LogP contribution in [0.5, 0.6) is 5.88 Å². The molecule has 3 atom stereocenters. The fourth-order valence-electron chi connectivity index (χ4n) is 2.61. The number of anilines is 1. The largest absolute Gasteiger partial charge is 0.481 e. The molecule has 1 aliphatic carbocycles. The van der Waals surface area contributed by atoms with E-state index < -0.39 is 23.7 Å². The summed E-state index contributed by atoms with van der Waals surface area (Å²) in [4.78, 5) is 31.3. The van der Waals surface area contributed by atoms with Crippen molar-refractivity contribution in [2.24, 2.45) is 17.8 Å². The van der Waals surface area contributed by atoms with Crippen LogP contribution in [0.3, 0.4) is 0 Å². The van der Waals surface area contributed by atoms with Gasteiger partial charge in [0.1, 0.15) is 5.15 Å². The molecule has 1 heterocycles. The van der Waals surface area contributed by atoms with Crippen LogP contribution < -0.4 is 10.1 Å². The van der Waals surface area contributed by atoms with Crippen molar-refractivity contribution in [3.8, 4) is 5.88 Å². The number of halogens is 1. The summed E-state index contributed by atoms with van der Waals surface area (Å²) >= 11 is 5.80. The number of aliphatic carboxylic acids is 1. The molecule has 1 fully saturated rings. The summed E-state index contributed by atoms with van der Waals surface area (Å²) in [5.41, 5.74) is 0. The number of carboxylic acids is 1. The smallest absolute Gasteiger partial charge is 0.307 e. The number of methoxy groups -OCH3 is 1. The van der Waals surface area contributed by atoms with E-state index in [0.717, 1.165) is 0 Å². The molecule has 0 radical (unpaired) electrons. The van der Waals surface area contributed by atoms with Gasteiger partial charge in [0.25, 0.3) is 0 Å². The minimum atomic E-state index is -0.955. The van der Waals surface area contributed by atoms with Crippen molar-refractivity contribution in [2.45, 2.75) is 19.8 Å². The van der Waals surface area contributed by atoms with E-state index in [9.17, 15) is 14.7 Å². The maximum Gasteiger partial charge on any atom is 0.307 e. The lowest BCUT2D eigenvalue weighted by atomic mass is 9.95. The van der Waals surface area contributed by atoms with Crippen molar-refractivity contribution in [2.75, 3.05) is 12.4 Å². The Morgan fingerprint density at radius 2 is 2.05 bits per heavy atom. The number of rotatable bonds is 4. The SMILES string of the molecule is COc1cc(Cl)nc(NC(=O)[C@H]2CC(C)C[C@H]2C(=O)O)n1. The van der Waals surface area contributed by atoms with Gasteiger partial charge < -0.3 is 9.84 Å². The summed E-state index contributed by atoms with van der Waals surface area (Å²) in [6, 6.07) is 1.41. The molecule has 1 aliphatic rings. The molecule has 1 unspecified atom stereocenters. The summed E-state index contributed by atoms with van der Waals surface area (Å²) in [5, 5.41) is 11.8. The van der Waals surface area contributed by atoms with Crippen LogP contribution in [0.4, 0.5) is 5.95 Å². The zero-order valence-electron chi connectivity index (χ0n) is 11.7. The minimum absolute atomic E-state index is 0.00745. The van der Waals surface area contributed by atoms with E-state index in [-0.39, 0.29) is 22.9 Å². The lowest BCUT2D eigenvalue weighted by Crippen LogP contribution is -2.30. The molecular weight excluding hydrogens is 298 g/mol. The van der Waals surface area contributed by atoms with Crippen molar-refractivity contribution >= 4 is 29.4 Å².